The highest BCUT2D eigenvalue weighted by Gasteiger charge is 2.10. The summed E-state index contributed by atoms with van der Waals surface area (Å²) in [4.78, 5) is 8.56. The molecular weight excluding hydrogens is 216 g/mol. The molecular formula is C12H22N4O. The fourth-order valence-electron chi connectivity index (χ4n) is 1.29. The van der Waals surface area contributed by atoms with Gasteiger partial charge in [-0.05, 0) is 33.3 Å². The topological polar surface area (TPSA) is 59.1 Å². The van der Waals surface area contributed by atoms with Gasteiger partial charge in [0.2, 0.25) is 5.95 Å². The number of methoxy groups -OCH3 is 1. The molecule has 0 aliphatic rings. The van der Waals surface area contributed by atoms with Crippen LogP contribution in [-0.2, 0) is 4.74 Å². The Balaban J connectivity index is 2.48. The van der Waals surface area contributed by atoms with Gasteiger partial charge in [0.05, 0.1) is 0 Å². The lowest BCUT2D eigenvalue weighted by Crippen LogP contribution is -2.27. The molecule has 1 heterocycles. The molecule has 0 spiro atoms. The van der Waals surface area contributed by atoms with Crippen LogP contribution < -0.4 is 10.6 Å². The maximum absolute atomic E-state index is 4.98. The van der Waals surface area contributed by atoms with Crippen molar-refractivity contribution in [3.8, 4) is 0 Å². The summed E-state index contributed by atoms with van der Waals surface area (Å²) in [6.45, 7) is 7.84. The highest BCUT2D eigenvalue weighted by molar-refractivity contribution is 5.40. The number of ether oxygens (including phenoxy) is 1. The minimum atomic E-state index is -0.0331. The van der Waals surface area contributed by atoms with Gasteiger partial charge in [-0.3, -0.25) is 0 Å². The Kier molecular flexibility index (Phi) is 5.15. The van der Waals surface area contributed by atoms with E-state index in [-0.39, 0.29) is 5.54 Å². The van der Waals surface area contributed by atoms with Crippen molar-refractivity contribution < 1.29 is 4.74 Å². The second-order valence-electron chi connectivity index (χ2n) is 4.91. The molecule has 5 heteroatoms. The van der Waals surface area contributed by atoms with E-state index in [1.165, 1.54) is 0 Å². The molecule has 0 bridgehead atoms. The predicted octanol–water partition coefficient (Wildman–Crippen LogP) is 2.14. The molecule has 0 aliphatic heterocycles. The number of hydrogen-bond donors (Lipinski definition) is 2. The fourth-order valence-corrected chi connectivity index (χ4v) is 1.29. The molecule has 0 radical (unpaired) electrons. The Morgan fingerprint density at radius 2 is 2.12 bits per heavy atom. The molecule has 2 N–H and O–H groups in total. The van der Waals surface area contributed by atoms with E-state index in [4.69, 9.17) is 4.74 Å². The van der Waals surface area contributed by atoms with Gasteiger partial charge in [0, 0.05) is 32.0 Å². The van der Waals surface area contributed by atoms with Crippen molar-refractivity contribution in [2.75, 3.05) is 30.9 Å². The van der Waals surface area contributed by atoms with E-state index in [0.29, 0.717) is 5.95 Å². The van der Waals surface area contributed by atoms with Gasteiger partial charge in [0.1, 0.15) is 5.82 Å². The van der Waals surface area contributed by atoms with Crippen molar-refractivity contribution in [1.82, 2.24) is 9.97 Å². The van der Waals surface area contributed by atoms with Gasteiger partial charge in [0.25, 0.3) is 0 Å². The normalized spacial score (nSPS) is 11.3. The average molecular weight is 238 g/mol. The van der Waals surface area contributed by atoms with E-state index in [1.807, 2.05) is 6.07 Å². The van der Waals surface area contributed by atoms with Crippen LogP contribution in [0.4, 0.5) is 11.8 Å². The highest BCUT2D eigenvalue weighted by Crippen LogP contribution is 2.11. The Labute approximate surface area is 103 Å². The molecule has 0 aromatic carbocycles. The number of nitrogens with zero attached hydrogens (tertiary/aromatic N) is 2. The quantitative estimate of drug-likeness (QED) is 0.744. The number of nitrogens with one attached hydrogen (secondary N) is 2. The number of rotatable bonds is 6. The summed E-state index contributed by atoms with van der Waals surface area (Å²) in [7, 11) is 1.70. The lowest BCUT2D eigenvalue weighted by Gasteiger charge is -2.20. The maximum atomic E-state index is 4.98. The van der Waals surface area contributed by atoms with Crippen LogP contribution in [-0.4, -0.2) is 35.8 Å². The largest absolute Gasteiger partial charge is 0.385 e. The molecule has 1 aromatic rings. The second-order valence-corrected chi connectivity index (χ2v) is 4.91. The second kappa shape index (κ2) is 6.39. The third kappa shape index (κ3) is 6.06. The maximum Gasteiger partial charge on any atom is 0.224 e. The number of anilines is 2. The van der Waals surface area contributed by atoms with Crippen molar-refractivity contribution in [1.29, 1.82) is 0 Å². The van der Waals surface area contributed by atoms with E-state index in [0.717, 1.165) is 25.4 Å². The summed E-state index contributed by atoms with van der Waals surface area (Å²) in [5, 5.41) is 6.47. The molecule has 0 saturated carbocycles. The molecule has 0 aliphatic carbocycles. The Morgan fingerprint density at radius 1 is 1.35 bits per heavy atom. The van der Waals surface area contributed by atoms with Crippen LogP contribution in [0.1, 0.15) is 27.2 Å². The summed E-state index contributed by atoms with van der Waals surface area (Å²) in [6.07, 6.45) is 2.71. The minimum absolute atomic E-state index is 0.0331. The SMILES string of the molecule is COCCCNc1ccnc(NC(C)(C)C)n1. The van der Waals surface area contributed by atoms with Crippen molar-refractivity contribution in [2.45, 2.75) is 32.7 Å². The minimum Gasteiger partial charge on any atom is -0.385 e. The van der Waals surface area contributed by atoms with Crippen LogP contribution in [0.25, 0.3) is 0 Å². The standard InChI is InChI=1S/C12H22N4O/c1-12(2,3)16-11-14-8-6-10(15-11)13-7-5-9-17-4/h6,8H,5,7,9H2,1-4H3,(H2,13,14,15,16). The van der Waals surface area contributed by atoms with Crippen LogP contribution >= 0.6 is 0 Å². The van der Waals surface area contributed by atoms with Crippen LogP contribution in [0.5, 0.6) is 0 Å². The van der Waals surface area contributed by atoms with Gasteiger partial charge in [-0.2, -0.15) is 4.98 Å². The van der Waals surface area contributed by atoms with Crippen molar-refractivity contribution in [2.24, 2.45) is 0 Å². The van der Waals surface area contributed by atoms with Crippen LogP contribution in [0.15, 0.2) is 12.3 Å². The molecule has 0 atom stereocenters. The molecule has 1 rings (SSSR count). The van der Waals surface area contributed by atoms with Crippen molar-refractivity contribution >= 4 is 11.8 Å². The predicted molar refractivity (Wildman–Crippen MR) is 70.4 cm³/mol. The summed E-state index contributed by atoms with van der Waals surface area (Å²) in [5.74, 6) is 1.48. The zero-order chi connectivity index (χ0) is 12.7. The Morgan fingerprint density at radius 3 is 2.76 bits per heavy atom. The first-order valence-electron chi connectivity index (χ1n) is 5.85. The number of aromatic nitrogens is 2. The van der Waals surface area contributed by atoms with Crippen LogP contribution in [0.2, 0.25) is 0 Å². The zero-order valence-electron chi connectivity index (χ0n) is 11.1. The van der Waals surface area contributed by atoms with E-state index in [9.17, 15) is 0 Å². The molecule has 1 aromatic heterocycles. The molecule has 5 nitrogen and oxygen atoms in total. The lowest BCUT2D eigenvalue weighted by molar-refractivity contribution is 0.198. The molecule has 0 saturated heterocycles. The third-order valence-electron chi connectivity index (χ3n) is 1.97. The molecule has 17 heavy (non-hydrogen) atoms. The van der Waals surface area contributed by atoms with Crippen LogP contribution in [0.3, 0.4) is 0 Å². The van der Waals surface area contributed by atoms with Crippen molar-refractivity contribution in [3.05, 3.63) is 12.3 Å². The third-order valence-corrected chi connectivity index (χ3v) is 1.97. The van der Waals surface area contributed by atoms with Gasteiger partial charge in [0.15, 0.2) is 0 Å². The van der Waals surface area contributed by atoms with E-state index < -0.39 is 0 Å². The zero-order valence-corrected chi connectivity index (χ0v) is 11.1. The first-order chi connectivity index (χ1) is 8.01. The van der Waals surface area contributed by atoms with Gasteiger partial charge in [-0.25, -0.2) is 4.98 Å². The van der Waals surface area contributed by atoms with E-state index >= 15 is 0 Å². The van der Waals surface area contributed by atoms with Gasteiger partial charge >= 0.3 is 0 Å². The Bertz CT molecular complexity index is 336. The summed E-state index contributed by atoms with van der Waals surface area (Å²) in [5.41, 5.74) is -0.0331. The average Bonchev–Trinajstić information content (AvgIpc) is 2.23. The monoisotopic (exact) mass is 238 g/mol. The summed E-state index contributed by atoms with van der Waals surface area (Å²) in [6, 6.07) is 1.86. The molecule has 0 amide bonds. The first-order valence-corrected chi connectivity index (χ1v) is 5.85. The van der Waals surface area contributed by atoms with Crippen molar-refractivity contribution in [3.63, 3.8) is 0 Å². The highest BCUT2D eigenvalue weighted by atomic mass is 16.5. The first kappa shape index (κ1) is 13.7. The molecule has 0 fully saturated rings. The summed E-state index contributed by atoms with van der Waals surface area (Å²) < 4.78 is 4.98. The summed E-state index contributed by atoms with van der Waals surface area (Å²) >= 11 is 0. The molecule has 96 valence electrons. The lowest BCUT2D eigenvalue weighted by atomic mass is 10.1. The smallest absolute Gasteiger partial charge is 0.224 e. The Hall–Kier alpha value is -1.36. The van der Waals surface area contributed by atoms with E-state index in [1.54, 1.807) is 13.3 Å². The number of hydrogen-bond acceptors (Lipinski definition) is 5. The van der Waals surface area contributed by atoms with Crippen LogP contribution in [0, 0.1) is 0 Å². The van der Waals surface area contributed by atoms with E-state index in [2.05, 4.69) is 41.4 Å². The van der Waals surface area contributed by atoms with Gasteiger partial charge in [-0.1, -0.05) is 0 Å². The fraction of sp³-hybridized carbons (Fsp3) is 0.667. The molecule has 0 unspecified atom stereocenters. The van der Waals surface area contributed by atoms with Gasteiger partial charge < -0.3 is 15.4 Å². The van der Waals surface area contributed by atoms with Gasteiger partial charge in [-0.15, -0.1) is 0 Å².